The fraction of sp³-hybridized carbons (Fsp3) is 0.320. The number of rotatable bonds is 9. The summed E-state index contributed by atoms with van der Waals surface area (Å²) in [5.74, 6) is -0.328. The molecule has 1 heterocycles. The summed E-state index contributed by atoms with van der Waals surface area (Å²) in [6.45, 7) is 6.70. The number of aryl methyl sites for hydroxylation is 1. The van der Waals surface area contributed by atoms with E-state index in [0.717, 1.165) is 22.4 Å². The van der Waals surface area contributed by atoms with Crippen molar-refractivity contribution in [2.75, 3.05) is 18.4 Å². The molecule has 1 aromatic heterocycles. The van der Waals surface area contributed by atoms with E-state index in [1.807, 2.05) is 67.6 Å². The molecule has 31 heavy (non-hydrogen) atoms. The van der Waals surface area contributed by atoms with Gasteiger partial charge < -0.3 is 10.2 Å². The smallest absolute Gasteiger partial charge is 0.245 e. The summed E-state index contributed by atoms with van der Waals surface area (Å²) in [4.78, 5) is 33.4. The third-order valence-electron chi connectivity index (χ3n) is 5.00. The summed E-state index contributed by atoms with van der Waals surface area (Å²) < 4.78 is 0. The van der Waals surface area contributed by atoms with Crippen LogP contribution in [0.2, 0.25) is 0 Å². The monoisotopic (exact) mass is 435 g/mol. The van der Waals surface area contributed by atoms with Gasteiger partial charge in [0.05, 0.1) is 12.5 Å². The van der Waals surface area contributed by atoms with E-state index in [2.05, 4.69) is 24.1 Å². The summed E-state index contributed by atoms with van der Waals surface area (Å²) in [5.41, 5.74) is 1.84. The molecule has 0 fully saturated rings. The van der Waals surface area contributed by atoms with Crippen LogP contribution in [0.4, 0.5) is 5.13 Å². The largest absolute Gasteiger partial charge is 0.333 e. The number of thiazole rings is 1. The van der Waals surface area contributed by atoms with Crippen LogP contribution >= 0.6 is 11.3 Å². The first-order valence-corrected chi connectivity index (χ1v) is 11.4. The third-order valence-corrected chi connectivity index (χ3v) is 5.83. The van der Waals surface area contributed by atoms with Crippen LogP contribution in [0.15, 0.2) is 66.9 Å². The molecule has 0 aliphatic rings. The predicted octanol–water partition coefficient (Wildman–Crippen LogP) is 5.10. The van der Waals surface area contributed by atoms with E-state index >= 15 is 0 Å². The summed E-state index contributed by atoms with van der Waals surface area (Å²) in [6.07, 6.45) is 2.55. The normalized spacial score (nSPS) is 11.0. The van der Waals surface area contributed by atoms with Crippen molar-refractivity contribution in [3.05, 3.63) is 82.9 Å². The van der Waals surface area contributed by atoms with Gasteiger partial charge in [0.25, 0.3) is 0 Å². The lowest BCUT2D eigenvalue weighted by Gasteiger charge is -2.28. The number of carbonyl (C=O) groups is 2. The SMILES string of the molecule is Cc1cnc(NC(=O)CN(CCC(C)C)C(=O)C(c2ccccc2)c2ccccc2)s1. The number of carbonyl (C=O) groups excluding carboxylic acids is 2. The van der Waals surface area contributed by atoms with Crippen molar-refractivity contribution in [2.24, 2.45) is 5.92 Å². The van der Waals surface area contributed by atoms with Crippen LogP contribution in [0.3, 0.4) is 0 Å². The van der Waals surface area contributed by atoms with Gasteiger partial charge in [-0.3, -0.25) is 9.59 Å². The molecule has 0 atom stereocenters. The van der Waals surface area contributed by atoms with Crippen molar-refractivity contribution in [2.45, 2.75) is 33.1 Å². The summed E-state index contributed by atoms with van der Waals surface area (Å²) in [6, 6.07) is 19.5. The Morgan fingerprint density at radius 1 is 1.00 bits per heavy atom. The van der Waals surface area contributed by atoms with E-state index in [0.29, 0.717) is 17.6 Å². The minimum atomic E-state index is -0.454. The molecule has 0 aliphatic heterocycles. The molecule has 0 bridgehead atoms. The molecule has 2 amide bonds. The van der Waals surface area contributed by atoms with Crippen LogP contribution in [0, 0.1) is 12.8 Å². The third kappa shape index (κ3) is 6.49. The Bertz CT molecular complexity index is 947. The van der Waals surface area contributed by atoms with Crippen LogP contribution < -0.4 is 5.32 Å². The predicted molar refractivity (Wildman–Crippen MR) is 126 cm³/mol. The standard InChI is InChI=1S/C25H29N3O2S/c1-18(2)14-15-28(17-22(29)27-25-26-16-19(3)31-25)24(30)23(20-10-6-4-7-11-20)21-12-8-5-9-13-21/h4-13,16,18,23H,14-15,17H2,1-3H3,(H,26,27,29). The van der Waals surface area contributed by atoms with E-state index in [-0.39, 0.29) is 18.4 Å². The topological polar surface area (TPSA) is 62.3 Å². The Kier molecular flexibility index (Phi) is 7.95. The van der Waals surface area contributed by atoms with Crippen LogP contribution in [0.25, 0.3) is 0 Å². The van der Waals surface area contributed by atoms with Gasteiger partial charge in [-0.15, -0.1) is 11.3 Å². The van der Waals surface area contributed by atoms with Crippen LogP contribution in [0.1, 0.15) is 42.2 Å². The zero-order chi connectivity index (χ0) is 22.2. The van der Waals surface area contributed by atoms with Gasteiger partial charge in [-0.2, -0.15) is 0 Å². The summed E-state index contributed by atoms with van der Waals surface area (Å²) in [5, 5.41) is 3.39. The Morgan fingerprint density at radius 2 is 1.58 bits per heavy atom. The summed E-state index contributed by atoms with van der Waals surface area (Å²) >= 11 is 1.42. The van der Waals surface area contributed by atoms with E-state index < -0.39 is 5.92 Å². The lowest BCUT2D eigenvalue weighted by Crippen LogP contribution is -2.41. The second kappa shape index (κ2) is 10.9. The number of nitrogens with one attached hydrogen (secondary N) is 1. The number of hydrogen-bond acceptors (Lipinski definition) is 4. The highest BCUT2D eigenvalue weighted by Crippen LogP contribution is 2.27. The molecule has 6 heteroatoms. The first kappa shape index (κ1) is 22.7. The lowest BCUT2D eigenvalue weighted by atomic mass is 9.90. The van der Waals surface area contributed by atoms with Crippen molar-refractivity contribution in [3.8, 4) is 0 Å². The maximum Gasteiger partial charge on any atom is 0.245 e. The van der Waals surface area contributed by atoms with Crippen molar-refractivity contribution in [3.63, 3.8) is 0 Å². The van der Waals surface area contributed by atoms with Crippen molar-refractivity contribution < 1.29 is 9.59 Å². The van der Waals surface area contributed by atoms with Crippen LogP contribution in [0.5, 0.6) is 0 Å². The van der Waals surface area contributed by atoms with Gasteiger partial charge in [0.1, 0.15) is 0 Å². The van der Waals surface area contributed by atoms with E-state index in [4.69, 9.17) is 0 Å². The second-order valence-corrected chi connectivity index (χ2v) is 9.26. The average Bonchev–Trinajstić information content (AvgIpc) is 3.17. The minimum absolute atomic E-state index is 0.000345. The fourth-order valence-electron chi connectivity index (χ4n) is 3.38. The molecular weight excluding hydrogens is 406 g/mol. The molecule has 0 saturated heterocycles. The van der Waals surface area contributed by atoms with Gasteiger partial charge in [-0.25, -0.2) is 4.98 Å². The molecule has 3 rings (SSSR count). The van der Waals surface area contributed by atoms with E-state index in [1.165, 1.54) is 11.3 Å². The highest BCUT2D eigenvalue weighted by Gasteiger charge is 2.28. The number of hydrogen-bond donors (Lipinski definition) is 1. The number of anilines is 1. The number of benzene rings is 2. The van der Waals surface area contributed by atoms with Gasteiger partial charge in [-0.05, 0) is 30.4 Å². The zero-order valence-corrected chi connectivity index (χ0v) is 19.1. The van der Waals surface area contributed by atoms with Crippen molar-refractivity contribution in [1.29, 1.82) is 0 Å². The molecule has 0 aliphatic carbocycles. The number of nitrogens with zero attached hydrogens (tertiary/aromatic N) is 2. The van der Waals surface area contributed by atoms with E-state index in [1.54, 1.807) is 11.1 Å². The fourth-order valence-corrected chi connectivity index (χ4v) is 4.06. The molecule has 0 spiro atoms. The van der Waals surface area contributed by atoms with Gasteiger partial charge in [0.15, 0.2) is 5.13 Å². The van der Waals surface area contributed by atoms with Gasteiger partial charge >= 0.3 is 0 Å². The molecule has 1 N–H and O–H groups in total. The second-order valence-electron chi connectivity index (χ2n) is 8.02. The Labute approximate surface area is 188 Å². The Hall–Kier alpha value is -2.99. The number of aromatic nitrogens is 1. The molecule has 0 unspecified atom stereocenters. The van der Waals surface area contributed by atoms with Gasteiger partial charge in [0.2, 0.25) is 11.8 Å². The zero-order valence-electron chi connectivity index (χ0n) is 18.2. The molecule has 2 aromatic carbocycles. The highest BCUT2D eigenvalue weighted by atomic mass is 32.1. The minimum Gasteiger partial charge on any atom is -0.333 e. The van der Waals surface area contributed by atoms with Gasteiger partial charge in [0, 0.05) is 17.6 Å². The molecule has 5 nitrogen and oxygen atoms in total. The van der Waals surface area contributed by atoms with Crippen LogP contribution in [-0.4, -0.2) is 34.8 Å². The Balaban J connectivity index is 1.86. The molecule has 162 valence electrons. The maximum atomic E-state index is 13.8. The van der Waals surface area contributed by atoms with E-state index in [9.17, 15) is 9.59 Å². The van der Waals surface area contributed by atoms with Gasteiger partial charge in [-0.1, -0.05) is 74.5 Å². The van der Waals surface area contributed by atoms with Crippen molar-refractivity contribution >= 4 is 28.3 Å². The molecule has 0 radical (unpaired) electrons. The first-order chi connectivity index (χ1) is 14.9. The summed E-state index contributed by atoms with van der Waals surface area (Å²) in [7, 11) is 0. The van der Waals surface area contributed by atoms with Crippen molar-refractivity contribution in [1.82, 2.24) is 9.88 Å². The first-order valence-electron chi connectivity index (χ1n) is 10.5. The highest BCUT2D eigenvalue weighted by molar-refractivity contribution is 7.15. The lowest BCUT2D eigenvalue weighted by molar-refractivity contribution is -0.135. The molecule has 3 aromatic rings. The molecular formula is C25H29N3O2S. The average molecular weight is 436 g/mol. The maximum absolute atomic E-state index is 13.8. The van der Waals surface area contributed by atoms with Crippen LogP contribution in [-0.2, 0) is 9.59 Å². The Morgan fingerprint density at radius 3 is 2.06 bits per heavy atom. The molecule has 0 saturated carbocycles. The number of amides is 2. The quantitative estimate of drug-likeness (QED) is 0.509.